The molecule has 136 valence electrons. The Labute approximate surface area is 152 Å². The number of amides is 2. The van der Waals surface area contributed by atoms with Crippen LogP contribution in [0.5, 0.6) is 0 Å². The normalized spacial score (nSPS) is 18.7. The second-order valence-corrected chi connectivity index (χ2v) is 7.79. The first-order chi connectivity index (χ1) is 11.6. The Morgan fingerprint density at radius 2 is 2.08 bits per heavy atom. The van der Waals surface area contributed by atoms with Crippen LogP contribution in [0.4, 0.5) is 5.69 Å². The predicted octanol–water partition coefficient (Wildman–Crippen LogP) is 2.26. The maximum absolute atomic E-state index is 13.0. The van der Waals surface area contributed by atoms with Crippen LogP contribution in [0.1, 0.15) is 44.0 Å². The number of nitrogens with one attached hydrogen (secondary N) is 1. The van der Waals surface area contributed by atoms with E-state index in [2.05, 4.69) is 5.32 Å². The first kappa shape index (κ1) is 19.2. The van der Waals surface area contributed by atoms with Gasteiger partial charge < -0.3 is 20.7 Å². The Balaban J connectivity index is 2.23. The van der Waals surface area contributed by atoms with Gasteiger partial charge in [-0.05, 0) is 36.5 Å². The van der Waals surface area contributed by atoms with E-state index in [0.29, 0.717) is 24.2 Å². The molecule has 0 aliphatic carbocycles. The summed E-state index contributed by atoms with van der Waals surface area (Å²) in [6.45, 7) is 6.14. The van der Waals surface area contributed by atoms with Crippen molar-refractivity contribution in [3.8, 4) is 0 Å². The Bertz CT molecular complexity index is 685. The minimum Gasteiger partial charge on any atom is -0.398 e. The number of aldehydes is 1. The molecule has 2 rings (SSSR count). The monoisotopic (exact) mass is 365 g/mol. The van der Waals surface area contributed by atoms with E-state index in [1.165, 1.54) is 6.07 Å². The highest BCUT2D eigenvalue weighted by Crippen LogP contribution is 2.26. The lowest BCUT2D eigenvalue weighted by Crippen LogP contribution is -2.55. The summed E-state index contributed by atoms with van der Waals surface area (Å²) in [5, 5.41) is 3.08. The summed E-state index contributed by atoms with van der Waals surface area (Å²) in [7, 11) is 0. The van der Waals surface area contributed by atoms with Gasteiger partial charge in [0.25, 0.3) is 5.91 Å². The number of hydrogen-bond acceptors (Lipinski definition) is 4. The van der Waals surface area contributed by atoms with Gasteiger partial charge in [0.15, 0.2) is 0 Å². The van der Waals surface area contributed by atoms with Crippen LogP contribution in [-0.2, 0) is 9.59 Å². The van der Waals surface area contributed by atoms with E-state index in [9.17, 15) is 14.4 Å². The Morgan fingerprint density at radius 3 is 2.64 bits per heavy atom. The third-order valence-corrected chi connectivity index (χ3v) is 4.72. The summed E-state index contributed by atoms with van der Waals surface area (Å²) in [5.74, 6) is -0.644. The van der Waals surface area contributed by atoms with Gasteiger partial charge in [-0.1, -0.05) is 32.4 Å². The highest BCUT2D eigenvalue weighted by molar-refractivity contribution is 6.33. The van der Waals surface area contributed by atoms with Crippen molar-refractivity contribution in [2.45, 2.75) is 45.7 Å². The number of likely N-dealkylation sites (tertiary alicyclic amines) is 1. The fourth-order valence-corrected chi connectivity index (χ4v) is 3.09. The molecule has 1 aromatic rings. The van der Waals surface area contributed by atoms with E-state index in [-0.39, 0.29) is 10.9 Å². The van der Waals surface area contributed by atoms with Crippen molar-refractivity contribution in [1.82, 2.24) is 10.2 Å². The molecule has 1 aliphatic heterocycles. The molecule has 0 radical (unpaired) electrons. The molecular formula is C18H24ClN3O3. The van der Waals surface area contributed by atoms with Crippen molar-refractivity contribution in [3.63, 3.8) is 0 Å². The second-order valence-electron chi connectivity index (χ2n) is 7.39. The third-order valence-electron chi connectivity index (χ3n) is 4.39. The van der Waals surface area contributed by atoms with Crippen molar-refractivity contribution in [3.05, 3.63) is 28.8 Å². The highest BCUT2D eigenvalue weighted by Gasteiger charge is 2.39. The van der Waals surface area contributed by atoms with Crippen molar-refractivity contribution in [2.24, 2.45) is 5.41 Å². The van der Waals surface area contributed by atoms with Gasteiger partial charge in [0.05, 0.1) is 16.8 Å². The molecule has 0 unspecified atom stereocenters. The largest absolute Gasteiger partial charge is 0.398 e. The molecule has 1 saturated heterocycles. The number of nitrogens with two attached hydrogens (primary N) is 1. The van der Waals surface area contributed by atoms with Crippen molar-refractivity contribution < 1.29 is 14.4 Å². The molecule has 0 aromatic heterocycles. The number of carbonyl (C=O) groups is 3. The van der Waals surface area contributed by atoms with Crippen LogP contribution in [-0.4, -0.2) is 41.6 Å². The van der Waals surface area contributed by atoms with E-state index in [4.69, 9.17) is 17.3 Å². The molecule has 7 heteroatoms. The maximum Gasteiger partial charge on any atom is 0.252 e. The fourth-order valence-electron chi connectivity index (χ4n) is 2.90. The average Bonchev–Trinajstić information content (AvgIpc) is 3.01. The molecule has 6 nitrogen and oxygen atoms in total. The summed E-state index contributed by atoms with van der Waals surface area (Å²) in [6.07, 6.45) is 2.24. The quantitative estimate of drug-likeness (QED) is 0.632. The Hall–Kier alpha value is -2.08. The fraction of sp³-hybridized carbons (Fsp3) is 0.500. The molecule has 1 fully saturated rings. The van der Waals surface area contributed by atoms with E-state index >= 15 is 0 Å². The molecule has 25 heavy (non-hydrogen) atoms. The minimum atomic E-state index is -0.753. The van der Waals surface area contributed by atoms with E-state index in [0.717, 1.165) is 12.7 Å². The lowest BCUT2D eigenvalue weighted by atomic mass is 9.85. The number of carbonyl (C=O) groups excluding carboxylic acids is 3. The SMILES string of the molecule is CC(C)(C)[C@H](NC(=O)c1ccc(N)c(Cl)c1)C(=O)N1CCC[C@H]1C=O. The van der Waals surface area contributed by atoms with Crippen LogP contribution < -0.4 is 11.1 Å². The molecule has 2 amide bonds. The summed E-state index contributed by atoms with van der Waals surface area (Å²) in [5.41, 5.74) is 5.86. The molecule has 0 spiro atoms. The number of rotatable bonds is 4. The lowest BCUT2D eigenvalue weighted by Gasteiger charge is -2.34. The standard InChI is InChI=1S/C18H24ClN3O3/c1-18(2,3)15(17(25)22-8-4-5-12(22)10-23)21-16(24)11-6-7-14(20)13(19)9-11/h6-7,9-10,12,15H,4-5,8,20H2,1-3H3,(H,21,24)/t12-,15+/m0/s1. The molecule has 2 atom stereocenters. The van der Waals surface area contributed by atoms with E-state index in [1.807, 2.05) is 20.8 Å². The van der Waals surface area contributed by atoms with Crippen molar-refractivity contribution in [1.29, 1.82) is 0 Å². The number of nitrogens with zero attached hydrogens (tertiary/aromatic N) is 1. The molecule has 1 aliphatic rings. The first-order valence-corrected chi connectivity index (χ1v) is 8.64. The van der Waals surface area contributed by atoms with Crippen molar-refractivity contribution >= 4 is 35.4 Å². The van der Waals surface area contributed by atoms with Gasteiger partial charge in [0.2, 0.25) is 5.91 Å². The van der Waals surface area contributed by atoms with Crippen LogP contribution in [0.3, 0.4) is 0 Å². The Kier molecular flexibility index (Phi) is 5.72. The van der Waals surface area contributed by atoms with Crippen molar-refractivity contribution in [2.75, 3.05) is 12.3 Å². The maximum atomic E-state index is 13.0. The van der Waals surface area contributed by atoms with Crippen LogP contribution in [0.25, 0.3) is 0 Å². The molecular weight excluding hydrogens is 342 g/mol. The van der Waals surface area contributed by atoms with Gasteiger partial charge in [-0.25, -0.2) is 0 Å². The van der Waals surface area contributed by atoms with Crippen LogP contribution in [0, 0.1) is 5.41 Å². The smallest absolute Gasteiger partial charge is 0.252 e. The van der Waals surface area contributed by atoms with E-state index in [1.54, 1.807) is 17.0 Å². The van der Waals surface area contributed by atoms with Gasteiger partial charge in [0.1, 0.15) is 12.3 Å². The van der Waals surface area contributed by atoms with Gasteiger partial charge in [-0.3, -0.25) is 9.59 Å². The summed E-state index contributed by atoms with van der Waals surface area (Å²) < 4.78 is 0. The zero-order valence-corrected chi connectivity index (χ0v) is 15.5. The van der Waals surface area contributed by atoms with Gasteiger partial charge in [0, 0.05) is 12.1 Å². The topological polar surface area (TPSA) is 92.5 Å². The first-order valence-electron chi connectivity index (χ1n) is 8.27. The molecule has 0 bridgehead atoms. The molecule has 0 saturated carbocycles. The summed E-state index contributed by atoms with van der Waals surface area (Å²) >= 11 is 5.97. The third kappa shape index (κ3) is 4.31. The van der Waals surface area contributed by atoms with Crippen LogP contribution in [0.2, 0.25) is 5.02 Å². The molecule has 1 aromatic carbocycles. The minimum absolute atomic E-state index is 0.239. The average molecular weight is 366 g/mol. The number of benzene rings is 1. The number of halogens is 1. The zero-order valence-electron chi connectivity index (χ0n) is 14.7. The Morgan fingerprint density at radius 1 is 1.40 bits per heavy atom. The lowest BCUT2D eigenvalue weighted by molar-refractivity contribution is -0.138. The summed E-state index contributed by atoms with van der Waals surface area (Å²) in [6, 6.07) is 3.41. The van der Waals surface area contributed by atoms with Crippen LogP contribution in [0.15, 0.2) is 18.2 Å². The molecule has 3 N–H and O–H groups in total. The zero-order chi connectivity index (χ0) is 18.8. The van der Waals surface area contributed by atoms with Gasteiger partial charge in [-0.2, -0.15) is 0 Å². The molecule has 1 heterocycles. The highest BCUT2D eigenvalue weighted by atomic mass is 35.5. The van der Waals surface area contributed by atoms with E-state index < -0.39 is 23.4 Å². The van der Waals surface area contributed by atoms with Gasteiger partial charge in [-0.15, -0.1) is 0 Å². The summed E-state index contributed by atoms with van der Waals surface area (Å²) in [4.78, 5) is 38.3. The second kappa shape index (κ2) is 7.44. The number of nitrogen functional groups attached to an aromatic ring is 1. The van der Waals surface area contributed by atoms with Crippen LogP contribution >= 0.6 is 11.6 Å². The number of anilines is 1. The predicted molar refractivity (Wildman–Crippen MR) is 97.4 cm³/mol. The number of hydrogen-bond donors (Lipinski definition) is 2. The van der Waals surface area contributed by atoms with Gasteiger partial charge >= 0.3 is 0 Å².